The maximum absolute atomic E-state index is 5.86. The summed E-state index contributed by atoms with van der Waals surface area (Å²) in [6, 6.07) is 1.91. The molecule has 37 heavy (non-hydrogen) atoms. The molecule has 0 radical (unpaired) electrons. The molecule has 0 aromatic heterocycles. The van der Waals surface area contributed by atoms with Crippen LogP contribution in [-0.4, -0.2) is 58.8 Å². The van der Waals surface area contributed by atoms with Crippen LogP contribution in [0.1, 0.15) is 137 Å². The van der Waals surface area contributed by atoms with E-state index in [1.54, 1.807) is 21.3 Å². The van der Waals surface area contributed by atoms with Crippen molar-refractivity contribution in [1.29, 1.82) is 0 Å². The van der Waals surface area contributed by atoms with Gasteiger partial charge in [0.1, 0.15) is 0 Å². The summed E-state index contributed by atoms with van der Waals surface area (Å²) in [5.74, 6) is 0. The Morgan fingerprint density at radius 2 is 0.622 bits per heavy atom. The van der Waals surface area contributed by atoms with Gasteiger partial charge in [0.15, 0.2) is 0 Å². The van der Waals surface area contributed by atoms with E-state index in [0.717, 1.165) is 18.5 Å². The molecule has 226 valence electrons. The topological polar surface area (TPSA) is 55.4 Å². The fourth-order valence-electron chi connectivity index (χ4n) is 4.51. The molecule has 0 fully saturated rings. The highest BCUT2D eigenvalue weighted by atomic mass is 28.4. The molecule has 0 heterocycles. The molecule has 0 aliphatic rings. The number of unbranched alkanes of at least 4 members (excludes halogenated alkanes) is 14. The summed E-state index contributed by atoms with van der Waals surface area (Å²) >= 11 is 0. The highest BCUT2D eigenvalue weighted by molar-refractivity contribution is 6.61. The number of rotatable bonds is 27. The van der Waals surface area contributed by atoms with Gasteiger partial charge in [0.2, 0.25) is 0 Å². The van der Waals surface area contributed by atoms with Gasteiger partial charge in [-0.3, -0.25) is 0 Å². The van der Waals surface area contributed by atoms with Crippen LogP contribution in [0.5, 0.6) is 0 Å². The zero-order chi connectivity index (χ0) is 28.1. The summed E-state index contributed by atoms with van der Waals surface area (Å²) in [6.07, 6.45) is 21.2. The lowest BCUT2D eigenvalue weighted by molar-refractivity contribution is 0.0706. The lowest BCUT2D eigenvalue weighted by Gasteiger charge is -2.28. The minimum Gasteiger partial charge on any atom is -0.377 e. The van der Waals surface area contributed by atoms with Crippen molar-refractivity contribution < 1.29 is 26.6 Å². The van der Waals surface area contributed by atoms with Gasteiger partial charge in [0.25, 0.3) is 0 Å². The van der Waals surface area contributed by atoms with E-state index < -0.39 is 17.6 Å². The minimum absolute atomic E-state index is 0.684. The minimum atomic E-state index is -2.38. The van der Waals surface area contributed by atoms with Crippen LogP contribution < -0.4 is 0 Å². The molecule has 0 aromatic carbocycles. The highest BCUT2D eigenvalue weighted by Crippen LogP contribution is 2.21. The Labute approximate surface area is 234 Å². The molecule has 0 amide bonds. The largest absolute Gasteiger partial charge is 0.500 e. The van der Waals surface area contributed by atoms with E-state index in [9.17, 15) is 0 Å². The van der Waals surface area contributed by atoms with Crippen LogP contribution in [0.4, 0.5) is 0 Å². The maximum atomic E-state index is 5.86. The zero-order valence-corrected chi connectivity index (χ0v) is 28.3. The summed E-state index contributed by atoms with van der Waals surface area (Å²) < 4.78 is 33.8. The van der Waals surface area contributed by atoms with Crippen LogP contribution in [0.15, 0.2) is 0 Å². The summed E-state index contributed by atoms with van der Waals surface area (Å²) in [7, 11) is 0.378. The van der Waals surface area contributed by atoms with Gasteiger partial charge in [-0.15, -0.1) is 0 Å². The fourth-order valence-corrected chi connectivity index (χ4v) is 8.99. The molecule has 0 saturated heterocycles. The highest BCUT2D eigenvalue weighted by Gasteiger charge is 2.39. The summed E-state index contributed by atoms with van der Waals surface area (Å²) in [5, 5.41) is 0. The standard InChI is InChI=1S/C16H36O3Si.C13H30O3Si/c1-5-9-10-11-12-13-14-15-16-20(17-6-2,18-7-3)19-8-4;1-5-6-7-8-9-10-11-12-13-17(14-2,15-3)16-4/h5-16H2,1-4H3;5-13H2,1-4H3. The molecule has 6 nitrogen and oxygen atoms in total. The Balaban J connectivity index is 0. The summed E-state index contributed by atoms with van der Waals surface area (Å²) in [4.78, 5) is 0. The van der Waals surface area contributed by atoms with E-state index in [2.05, 4.69) is 13.8 Å². The zero-order valence-electron chi connectivity index (χ0n) is 26.3. The predicted molar refractivity (Wildman–Crippen MR) is 162 cm³/mol. The van der Waals surface area contributed by atoms with Gasteiger partial charge >= 0.3 is 17.6 Å². The summed E-state index contributed by atoms with van der Waals surface area (Å²) in [6.45, 7) is 12.6. The van der Waals surface area contributed by atoms with Crippen molar-refractivity contribution in [3.05, 3.63) is 0 Å². The smallest absolute Gasteiger partial charge is 0.377 e. The average molecular weight is 567 g/mol. The molecule has 0 rings (SSSR count). The van der Waals surface area contributed by atoms with Crippen molar-refractivity contribution in [2.24, 2.45) is 0 Å². The Kier molecular flexibility index (Phi) is 31.0. The van der Waals surface area contributed by atoms with Gasteiger partial charge in [0, 0.05) is 53.2 Å². The van der Waals surface area contributed by atoms with Crippen LogP contribution in [-0.2, 0) is 26.6 Å². The summed E-state index contributed by atoms with van der Waals surface area (Å²) in [5.41, 5.74) is 0. The first kappa shape index (κ1) is 39.3. The second-order valence-electron chi connectivity index (χ2n) is 9.73. The van der Waals surface area contributed by atoms with E-state index in [1.807, 2.05) is 20.8 Å². The molecule has 0 aliphatic carbocycles. The first-order chi connectivity index (χ1) is 18.0. The maximum Gasteiger partial charge on any atom is 0.500 e. The lowest BCUT2D eigenvalue weighted by Crippen LogP contribution is -2.45. The van der Waals surface area contributed by atoms with Gasteiger partial charge in [-0.1, -0.05) is 104 Å². The Morgan fingerprint density at radius 3 is 0.892 bits per heavy atom. The van der Waals surface area contributed by atoms with Crippen LogP contribution >= 0.6 is 0 Å². The van der Waals surface area contributed by atoms with Crippen molar-refractivity contribution in [3.63, 3.8) is 0 Å². The first-order valence-electron chi connectivity index (χ1n) is 15.6. The normalized spacial score (nSPS) is 12.0. The van der Waals surface area contributed by atoms with Crippen molar-refractivity contribution in [3.8, 4) is 0 Å². The molecule has 0 aliphatic heterocycles. The molecule has 0 aromatic rings. The van der Waals surface area contributed by atoms with E-state index in [4.69, 9.17) is 26.6 Å². The molecular formula is C29H66O6Si2. The van der Waals surface area contributed by atoms with Gasteiger partial charge < -0.3 is 26.6 Å². The van der Waals surface area contributed by atoms with Crippen LogP contribution in [0.2, 0.25) is 12.1 Å². The first-order valence-corrected chi connectivity index (χ1v) is 19.4. The Bertz CT molecular complexity index is 413. The van der Waals surface area contributed by atoms with E-state index in [1.165, 1.54) is 96.3 Å². The van der Waals surface area contributed by atoms with Crippen molar-refractivity contribution >= 4 is 17.6 Å². The van der Waals surface area contributed by atoms with E-state index >= 15 is 0 Å². The molecule has 0 spiro atoms. The van der Waals surface area contributed by atoms with Crippen molar-refractivity contribution in [2.75, 3.05) is 41.2 Å². The fraction of sp³-hybridized carbons (Fsp3) is 1.00. The Hall–Kier alpha value is 0.194. The third-order valence-electron chi connectivity index (χ3n) is 6.70. The monoisotopic (exact) mass is 566 g/mol. The van der Waals surface area contributed by atoms with E-state index in [-0.39, 0.29) is 0 Å². The Morgan fingerprint density at radius 1 is 0.351 bits per heavy atom. The number of hydrogen-bond donors (Lipinski definition) is 0. The third-order valence-corrected chi connectivity index (χ3v) is 12.7. The van der Waals surface area contributed by atoms with Crippen LogP contribution in [0.25, 0.3) is 0 Å². The van der Waals surface area contributed by atoms with Crippen LogP contribution in [0, 0.1) is 0 Å². The number of hydrogen-bond acceptors (Lipinski definition) is 6. The van der Waals surface area contributed by atoms with Crippen molar-refractivity contribution in [1.82, 2.24) is 0 Å². The van der Waals surface area contributed by atoms with Gasteiger partial charge in [-0.25, -0.2) is 0 Å². The molecule has 0 atom stereocenters. The molecule has 0 unspecified atom stereocenters. The predicted octanol–water partition coefficient (Wildman–Crippen LogP) is 9.18. The molecule has 0 N–H and O–H groups in total. The second kappa shape index (κ2) is 29.2. The van der Waals surface area contributed by atoms with Crippen LogP contribution in [0.3, 0.4) is 0 Å². The van der Waals surface area contributed by atoms with Crippen molar-refractivity contribution in [2.45, 2.75) is 149 Å². The van der Waals surface area contributed by atoms with E-state index in [0.29, 0.717) is 19.8 Å². The molecule has 0 bridgehead atoms. The van der Waals surface area contributed by atoms with Gasteiger partial charge in [0.05, 0.1) is 0 Å². The second-order valence-corrected chi connectivity index (χ2v) is 15.6. The quantitative estimate of drug-likeness (QED) is 0.0729. The molecule has 0 saturated carbocycles. The van der Waals surface area contributed by atoms with Gasteiger partial charge in [-0.2, -0.15) is 0 Å². The lowest BCUT2D eigenvalue weighted by atomic mass is 10.1. The SMILES string of the molecule is CCCCCCCCCC[Si](OC)(OC)OC.CCCCCCCCCC[Si](OCC)(OCC)OCC. The van der Waals surface area contributed by atoms with Gasteiger partial charge in [-0.05, 0) is 33.6 Å². The molecular weight excluding hydrogens is 500 g/mol. The molecule has 8 heteroatoms. The third kappa shape index (κ3) is 22.7. The average Bonchev–Trinajstić information content (AvgIpc) is 2.91.